The second kappa shape index (κ2) is 2.69. The molecule has 0 aromatic heterocycles. The number of likely N-dealkylation sites (tertiary alicyclic amines) is 1. The van der Waals surface area contributed by atoms with E-state index >= 15 is 0 Å². The van der Waals surface area contributed by atoms with Gasteiger partial charge in [0.2, 0.25) is 5.91 Å². The highest BCUT2D eigenvalue weighted by molar-refractivity contribution is 5.84. The maximum atomic E-state index is 12.4. The lowest BCUT2D eigenvalue weighted by Crippen LogP contribution is -2.52. The summed E-state index contributed by atoms with van der Waals surface area (Å²) in [7, 11) is 1.87. The predicted octanol–water partition coefficient (Wildman–Crippen LogP) is 0.452. The predicted molar refractivity (Wildman–Crippen MR) is 59.8 cm³/mol. The molecule has 17 heavy (non-hydrogen) atoms. The minimum atomic E-state index is -0.441. The molecule has 2 aliphatic carbocycles. The Morgan fingerprint density at radius 1 is 1.47 bits per heavy atom. The Morgan fingerprint density at radius 2 is 2.18 bits per heavy atom. The van der Waals surface area contributed by atoms with E-state index in [1.807, 2.05) is 11.9 Å². The van der Waals surface area contributed by atoms with E-state index in [-0.39, 0.29) is 29.8 Å². The van der Waals surface area contributed by atoms with Gasteiger partial charge in [0.15, 0.2) is 0 Å². The zero-order valence-corrected chi connectivity index (χ0v) is 10.5. The molecule has 2 saturated heterocycles. The van der Waals surface area contributed by atoms with E-state index in [4.69, 9.17) is 4.74 Å². The number of hydrogen-bond acceptors (Lipinski definition) is 3. The van der Waals surface area contributed by atoms with Crippen molar-refractivity contribution >= 4 is 5.91 Å². The Bertz CT molecular complexity index is 409. The first-order chi connectivity index (χ1) is 8.00. The van der Waals surface area contributed by atoms with Crippen molar-refractivity contribution in [2.45, 2.75) is 38.2 Å². The van der Waals surface area contributed by atoms with Gasteiger partial charge >= 0.3 is 0 Å². The summed E-state index contributed by atoms with van der Waals surface area (Å²) in [6.07, 6.45) is 0.536. The molecule has 2 aliphatic heterocycles. The van der Waals surface area contributed by atoms with Gasteiger partial charge in [-0.05, 0) is 18.3 Å². The Balaban J connectivity index is 1.91. The SMILES string of the molecule is CC(C)[C@]12O[C@@H]3[C@H](O)[C@H]4C[C@H]3[C@@H]1[C@@H]4C(=O)N2C. The van der Waals surface area contributed by atoms with E-state index in [0.29, 0.717) is 11.8 Å². The third kappa shape index (κ3) is 0.809. The van der Waals surface area contributed by atoms with Gasteiger partial charge in [0.25, 0.3) is 0 Å². The first-order valence-corrected chi connectivity index (χ1v) is 6.63. The average Bonchev–Trinajstić information content (AvgIpc) is 2.90. The van der Waals surface area contributed by atoms with Gasteiger partial charge in [0.05, 0.1) is 18.1 Å². The Kier molecular flexibility index (Phi) is 1.64. The third-order valence-corrected chi connectivity index (χ3v) is 5.82. The largest absolute Gasteiger partial charge is 0.390 e. The van der Waals surface area contributed by atoms with Crippen LogP contribution < -0.4 is 0 Å². The molecule has 1 N–H and O–H groups in total. The summed E-state index contributed by atoms with van der Waals surface area (Å²) in [6.45, 7) is 4.24. The van der Waals surface area contributed by atoms with Crippen LogP contribution in [0.4, 0.5) is 0 Å². The number of amides is 1. The van der Waals surface area contributed by atoms with E-state index in [1.54, 1.807) is 0 Å². The molecular formula is C13H19NO3. The molecule has 4 rings (SSSR count). The third-order valence-electron chi connectivity index (χ3n) is 5.82. The van der Waals surface area contributed by atoms with Crippen molar-refractivity contribution in [2.24, 2.45) is 29.6 Å². The number of hydrogen-bond donors (Lipinski definition) is 1. The Morgan fingerprint density at radius 3 is 2.82 bits per heavy atom. The molecule has 0 aromatic carbocycles. The van der Waals surface area contributed by atoms with Crippen LogP contribution in [0.3, 0.4) is 0 Å². The second-order valence-corrected chi connectivity index (χ2v) is 6.49. The van der Waals surface area contributed by atoms with Crippen molar-refractivity contribution in [2.75, 3.05) is 7.05 Å². The summed E-state index contributed by atoms with van der Waals surface area (Å²) < 4.78 is 6.23. The van der Waals surface area contributed by atoms with Gasteiger partial charge in [-0.3, -0.25) is 4.79 Å². The summed E-state index contributed by atoms with van der Waals surface area (Å²) >= 11 is 0. The fraction of sp³-hybridized carbons (Fsp3) is 0.923. The number of rotatable bonds is 1. The van der Waals surface area contributed by atoms with Gasteiger partial charge in [0, 0.05) is 18.9 Å². The molecule has 0 radical (unpaired) electrons. The van der Waals surface area contributed by atoms with Crippen LogP contribution in [0, 0.1) is 29.6 Å². The normalized spacial score (nSPS) is 58.9. The van der Waals surface area contributed by atoms with E-state index in [1.165, 1.54) is 0 Å². The summed E-state index contributed by atoms with van der Waals surface area (Å²) in [5, 5.41) is 10.2. The Labute approximate surface area is 101 Å². The van der Waals surface area contributed by atoms with Crippen LogP contribution in [0.15, 0.2) is 0 Å². The van der Waals surface area contributed by atoms with E-state index in [0.717, 1.165) is 6.42 Å². The van der Waals surface area contributed by atoms with Gasteiger partial charge in [-0.15, -0.1) is 0 Å². The molecule has 2 bridgehead atoms. The van der Waals surface area contributed by atoms with Crippen molar-refractivity contribution in [3.63, 3.8) is 0 Å². The summed E-state index contributed by atoms with van der Waals surface area (Å²) in [4.78, 5) is 14.2. The fourth-order valence-corrected chi connectivity index (χ4v) is 5.29. The number of ether oxygens (including phenoxy) is 1. The van der Waals surface area contributed by atoms with Crippen molar-refractivity contribution in [3.05, 3.63) is 0 Å². The number of carbonyl (C=O) groups excluding carboxylic acids is 1. The molecule has 4 fully saturated rings. The quantitative estimate of drug-likeness (QED) is 0.720. The van der Waals surface area contributed by atoms with Crippen LogP contribution in [-0.4, -0.2) is 40.9 Å². The van der Waals surface area contributed by atoms with Gasteiger partial charge in [-0.25, -0.2) is 0 Å². The van der Waals surface area contributed by atoms with E-state index < -0.39 is 11.8 Å². The number of aliphatic hydroxyl groups excluding tert-OH is 1. The monoisotopic (exact) mass is 237 g/mol. The summed E-state index contributed by atoms with van der Waals surface area (Å²) in [6, 6.07) is 0. The lowest BCUT2D eigenvalue weighted by atomic mass is 9.74. The van der Waals surface area contributed by atoms with Crippen molar-refractivity contribution in [3.8, 4) is 0 Å². The zero-order chi connectivity index (χ0) is 12.1. The minimum absolute atomic E-state index is 0.0150. The van der Waals surface area contributed by atoms with Crippen molar-refractivity contribution in [1.29, 1.82) is 0 Å². The van der Waals surface area contributed by atoms with Crippen LogP contribution in [0.5, 0.6) is 0 Å². The number of carbonyl (C=O) groups is 1. The number of fused-ring (bicyclic) bond motifs is 2. The highest BCUT2D eigenvalue weighted by atomic mass is 16.6. The summed E-state index contributed by atoms with van der Waals surface area (Å²) in [5.74, 6) is 1.35. The maximum Gasteiger partial charge on any atom is 0.228 e. The van der Waals surface area contributed by atoms with E-state index in [2.05, 4.69) is 13.8 Å². The maximum absolute atomic E-state index is 12.4. The molecule has 4 aliphatic rings. The standard InChI is InChI=1S/C13H19NO3/c1-5(2)13-9-7-4-6(10(15)11(7)17-13)8(9)12(16)14(13)3/h5-11,15H,4H2,1-3H3/t6-,7-,8+,9+,10+,11-,13-/m0/s1. The van der Waals surface area contributed by atoms with Gasteiger partial charge in [-0.2, -0.15) is 0 Å². The van der Waals surface area contributed by atoms with Gasteiger partial charge in [0.1, 0.15) is 5.72 Å². The lowest BCUT2D eigenvalue weighted by molar-refractivity contribution is -0.186. The fourth-order valence-electron chi connectivity index (χ4n) is 5.29. The molecule has 94 valence electrons. The molecule has 4 nitrogen and oxygen atoms in total. The summed E-state index contributed by atoms with van der Waals surface area (Å²) in [5.41, 5.74) is -0.441. The molecule has 7 atom stereocenters. The molecule has 4 heteroatoms. The molecule has 1 amide bonds. The molecule has 2 saturated carbocycles. The van der Waals surface area contributed by atoms with Crippen LogP contribution in [0.1, 0.15) is 20.3 Å². The highest BCUT2D eigenvalue weighted by Gasteiger charge is 2.78. The zero-order valence-electron chi connectivity index (χ0n) is 10.5. The first-order valence-electron chi connectivity index (χ1n) is 6.63. The van der Waals surface area contributed by atoms with Crippen molar-refractivity contribution < 1.29 is 14.6 Å². The molecular weight excluding hydrogens is 218 g/mol. The molecule has 0 unspecified atom stereocenters. The molecule has 0 aromatic rings. The lowest BCUT2D eigenvalue weighted by Gasteiger charge is -2.39. The van der Waals surface area contributed by atoms with Gasteiger partial charge in [-0.1, -0.05) is 13.8 Å². The second-order valence-electron chi connectivity index (χ2n) is 6.49. The number of nitrogens with zero attached hydrogens (tertiary/aromatic N) is 1. The van der Waals surface area contributed by atoms with Crippen LogP contribution in [-0.2, 0) is 9.53 Å². The van der Waals surface area contributed by atoms with E-state index in [9.17, 15) is 9.90 Å². The Hall–Kier alpha value is -0.610. The molecule has 0 spiro atoms. The smallest absolute Gasteiger partial charge is 0.228 e. The average molecular weight is 237 g/mol. The first kappa shape index (κ1) is 10.3. The van der Waals surface area contributed by atoms with Crippen LogP contribution >= 0.6 is 0 Å². The van der Waals surface area contributed by atoms with Crippen molar-refractivity contribution in [1.82, 2.24) is 4.90 Å². The van der Waals surface area contributed by atoms with Crippen LogP contribution in [0.2, 0.25) is 0 Å². The highest BCUT2D eigenvalue weighted by Crippen LogP contribution is 2.68. The number of aliphatic hydroxyl groups is 1. The van der Waals surface area contributed by atoms with Crippen LogP contribution in [0.25, 0.3) is 0 Å². The molecule has 2 heterocycles. The topological polar surface area (TPSA) is 49.8 Å². The minimum Gasteiger partial charge on any atom is -0.390 e. The van der Waals surface area contributed by atoms with Gasteiger partial charge < -0.3 is 14.7 Å².